The Bertz CT molecular complexity index is 658. The molecule has 5 nitrogen and oxygen atoms in total. The molecule has 0 bridgehead atoms. The zero-order valence-corrected chi connectivity index (χ0v) is 14.5. The van der Waals surface area contributed by atoms with E-state index in [4.69, 9.17) is 9.15 Å². The highest BCUT2D eigenvalue weighted by Gasteiger charge is 2.27. The van der Waals surface area contributed by atoms with Gasteiger partial charge in [0.25, 0.3) is 0 Å². The number of hydrogen-bond donors (Lipinski definition) is 2. The molecule has 1 aromatic heterocycles. The van der Waals surface area contributed by atoms with Gasteiger partial charge < -0.3 is 19.6 Å². The SMILES string of the molecule is COc1ccc(CCCC(=O)NCC(C)(O)c2ccc(C)o2)cc1. The van der Waals surface area contributed by atoms with Gasteiger partial charge in [-0.1, -0.05) is 12.1 Å². The average molecular weight is 331 g/mol. The molecule has 0 saturated carbocycles. The van der Waals surface area contributed by atoms with Crippen LogP contribution < -0.4 is 10.1 Å². The molecule has 2 rings (SSSR count). The van der Waals surface area contributed by atoms with Crippen molar-refractivity contribution >= 4 is 5.91 Å². The first-order chi connectivity index (χ1) is 11.4. The van der Waals surface area contributed by atoms with Crippen LogP contribution in [0.1, 0.15) is 36.8 Å². The molecule has 0 fully saturated rings. The van der Waals surface area contributed by atoms with Crippen molar-refractivity contribution in [2.24, 2.45) is 0 Å². The molecule has 0 aliphatic rings. The number of ether oxygens (including phenoxy) is 1. The number of nitrogens with one attached hydrogen (secondary N) is 1. The summed E-state index contributed by atoms with van der Waals surface area (Å²) in [5, 5.41) is 13.1. The topological polar surface area (TPSA) is 71.7 Å². The summed E-state index contributed by atoms with van der Waals surface area (Å²) in [6.45, 7) is 3.57. The highest BCUT2D eigenvalue weighted by molar-refractivity contribution is 5.75. The minimum absolute atomic E-state index is 0.0768. The molecule has 1 atom stereocenters. The fraction of sp³-hybridized carbons (Fsp3) is 0.421. The van der Waals surface area contributed by atoms with E-state index in [2.05, 4.69) is 5.32 Å². The molecule has 0 radical (unpaired) electrons. The molecule has 0 spiro atoms. The Morgan fingerprint density at radius 1 is 1.25 bits per heavy atom. The van der Waals surface area contributed by atoms with Gasteiger partial charge in [0, 0.05) is 6.42 Å². The van der Waals surface area contributed by atoms with Crippen molar-refractivity contribution in [1.29, 1.82) is 0 Å². The van der Waals surface area contributed by atoms with Gasteiger partial charge in [-0.15, -0.1) is 0 Å². The minimum Gasteiger partial charge on any atom is -0.497 e. The first kappa shape index (κ1) is 18.1. The molecule has 130 valence electrons. The zero-order valence-electron chi connectivity index (χ0n) is 14.5. The van der Waals surface area contributed by atoms with Gasteiger partial charge in [0.2, 0.25) is 5.91 Å². The highest BCUT2D eigenvalue weighted by Crippen LogP contribution is 2.22. The summed E-state index contributed by atoms with van der Waals surface area (Å²) in [5.74, 6) is 1.94. The number of amides is 1. The second-order valence-corrected chi connectivity index (χ2v) is 6.16. The summed E-state index contributed by atoms with van der Waals surface area (Å²) < 4.78 is 10.5. The van der Waals surface area contributed by atoms with Crippen LogP contribution in [0, 0.1) is 6.92 Å². The van der Waals surface area contributed by atoms with Crippen LogP contribution in [-0.2, 0) is 16.8 Å². The lowest BCUT2D eigenvalue weighted by atomic mass is 10.0. The standard InChI is InChI=1S/C19H25NO4/c1-14-7-12-17(24-14)19(2,22)13-20-18(21)6-4-5-15-8-10-16(23-3)11-9-15/h7-12,22H,4-6,13H2,1-3H3,(H,20,21). The van der Waals surface area contributed by atoms with E-state index in [0.717, 1.165) is 24.4 Å². The first-order valence-corrected chi connectivity index (χ1v) is 8.09. The summed E-state index contributed by atoms with van der Waals surface area (Å²) in [6, 6.07) is 11.4. The summed E-state index contributed by atoms with van der Waals surface area (Å²) >= 11 is 0. The van der Waals surface area contributed by atoms with Gasteiger partial charge >= 0.3 is 0 Å². The maximum atomic E-state index is 11.9. The van der Waals surface area contributed by atoms with Gasteiger partial charge in [-0.3, -0.25) is 4.79 Å². The van der Waals surface area contributed by atoms with Gasteiger partial charge in [-0.2, -0.15) is 0 Å². The lowest BCUT2D eigenvalue weighted by molar-refractivity contribution is -0.122. The van der Waals surface area contributed by atoms with Crippen LogP contribution in [0.3, 0.4) is 0 Å². The van der Waals surface area contributed by atoms with Gasteiger partial charge in [0.15, 0.2) is 0 Å². The van der Waals surface area contributed by atoms with Crippen molar-refractivity contribution in [2.75, 3.05) is 13.7 Å². The fourth-order valence-electron chi connectivity index (χ4n) is 2.42. The Balaban J connectivity index is 1.73. The summed E-state index contributed by atoms with van der Waals surface area (Å²) in [4.78, 5) is 11.9. The molecule has 2 aromatic rings. The summed E-state index contributed by atoms with van der Waals surface area (Å²) in [6.07, 6.45) is 1.99. The summed E-state index contributed by atoms with van der Waals surface area (Å²) in [7, 11) is 1.64. The van der Waals surface area contributed by atoms with Gasteiger partial charge in [0.1, 0.15) is 22.9 Å². The molecular formula is C19H25NO4. The number of rotatable bonds is 8. The third-order valence-corrected chi connectivity index (χ3v) is 3.93. The van der Waals surface area contributed by atoms with Crippen molar-refractivity contribution in [1.82, 2.24) is 5.32 Å². The molecule has 1 amide bonds. The number of aliphatic hydroxyl groups is 1. The van der Waals surface area contributed by atoms with Crippen LogP contribution in [0.25, 0.3) is 0 Å². The maximum absolute atomic E-state index is 11.9. The number of methoxy groups -OCH3 is 1. The van der Waals surface area contributed by atoms with E-state index in [1.807, 2.05) is 31.2 Å². The van der Waals surface area contributed by atoms with Gasteiger partial charge in [-0.25, -0.2) is 0 Å². The number of carbonyl (C=O) groups excluding carboxylic acids is 1. The van der Waals surface area contributed by atoms with Crippen LogP contribution in [-0.4, -0.2) is 24.7 Å². The monoisotopic (exact) mass is 331 g/mol. The Hall–Kier alpha value is -2.27. The molecule has 0 saturated heterocycles. The predicted molar refractivity (Wildman–Crippen MR) is 92.0 cm³/mol. The van der Waals surface area contributed by atoms with E-state index in [1.54, 1.807) is 26.2 Å². The fourth-order valence-corrected chi connectivity index (χ4v) is 2.42. The Kier molecular flexibility index (Phi) is 6.04. The van der Waals surface area contributed by atoms with Gasteiger partial charge in [-0.05, 0) is 56.5 Å². The van der Waals surface area contributed by atoms with Gasteiger partial charge in [0.05, 0.1) is 13.7 Å². The number of furan rings is 1. The van der Waals surface area contributed by atoms with Crippen molar-refractivity contribution in [3.8, 4) is 5.75 Å². The first-order valence-electron chi connectivity index (χ1n) is 8.09. The van der Waals surface area contributed by atoms with E-state index in [9.17, 15) is 9.90 Å². The van der Waals surface area contributed by atoms with Crippen LogP contribution >= 0.6 is 0 Å². The summed E-state index contributed by atoms with van der Waals surface area (Å²) in [5.41, 5.74) is -0.0402. The van der Waals surface area contributed by atoms with Crippen molar-refractivity contribution < 1.29 is 19.1 Å². The van der Waals surface area contributed by atoms with Crippen LogP contribution in [0.5, 0.6) is 5.75 Å². The van der Waals surface area contributed by atoms with Crippen LogP contribution in [0.15, 0.2) is 40.8 Å². The lowest BCUT2D eigenvalue weighted by Gasteiger charge is -2.21. The smallest absolute Gasteiger partial charge is 0.220 e. The average Bonchev–Trinajstić information content (AvgIpc) is 3.01. The third kappa shape index (κ3) is 5.13. The molecule has 5 heteroatoms. The van der Waals surface area contributed by atoms with Crippen molar-refractivity contribution in [3.05, 3.63) is 53.5 Å². The largest absolute Gasteiger partial charge is 0.497 e. The third-order valence-electron chi connectivity index (χ3n) is 3.93. The minimum atomic E-state index is -1.21. The Morgan fingerprint density at radius 3 is 2.54 bits per heavy atom. The normalized spacial score (nSPS) is 13.3. The molecule has 2 N–H and O–H groups in total. The maximum Gasteiger partial charge on any atom is 0.220 e. The van der Waals surface area contributed by atoms with E-state index < -0.39 is 5.60 Å². The molecule has 24 heavy (non-hydrogen) atoms. The zero-order chi connectivity index (χ0) is 17.6. The van der Waals surface area contributed by atoms with E-state index >= 15 is 0 Å². The highest BCUT2D eigenvalue weighted by atomic mass is 16.5. The number of hydrogen-bond acceptors (Lipinski definition) is 4. The quantitative estimate of drug-likeness (QED) is 0.780. The predicted octanol–water partition coefficient (Wildman–Crippen LogP) is 2.94. The number of benzene rings is 1. The molecular weight excluding hydrogens is 306 g/mol. The molecule has 0 aliphatic carbocycles. The van der Waals surface area contributed by atoms with Crippen molar-refractivity contribution in [2.45, 2.75) is 38.7 Å². The molecule has 0 aliphatic heterocycles. The van der Waals surface area contributed by atoms with E-state index in [0.29, 0.717) is 12.2 Å². The van der Waals surface area contributed by atoms with E-state index in [-0.39, 0.29) is 12.5 Å². The number of aryl methyl sites for hydroxylation is 2. The molecule has 1 unspecified atom stereocenters. The second kappa shape index (κ2) is 8.02. The molecule has 1 aromatic carbocycles. The van der Waals surface area contributed by atoms with Crippen LogP contribution in [0.4, 0.5) is 0 Å². The Labute approximate surface area is 142 Å². The Morgan fingerprint density at radius 2 is 1.96 bits per heavy atom. The lowest BCUT2D eigenvalue weighted by Crippen LogP contribution is -2.38. The van der Waals surface area contributed by atoms with Crippen LogP contribution in [0.2, 0.25) is 0 Å². The second-order valence-electron chi connectivity index (χ2n) is 6.16. The molecule has 1 heterocycles. The number of carbonyl (C=O) groups is 1. The van der Waals surface area contributed by atoms with E-state index in [1.165, 1.54) is 5.56 Å². The van der Waals surface area contributed by atoms with Crippen molar-refractivity contribution in [3.63, 3.8) is 0 Å².